The first-order valence-corrected chi connectivity index (χ1v) is 5.77. The van der Waals surface area contributed by atoms with Gasteiger partial charge in [-0.15, -0.1) is 11.8 Å². The number of rotatable bonds is 4. The fraction of sp³-hybridized carbons (Fsp3) is 0.364. The normalized spacial score (nSPS) is 10.6. The molecule has 0 amide bonds. The molecule has 0 saturated carbocycles. The molecule has 3 heteroatoms. The van der Waals surface area contributed by atoms with Gasteiger partial charge in [-0.25, -0.2) is 0 Å². The van der Waals surface area contributed by atoms with Gasteiger partial charge in [0.1, 0.15) is 0 Å². The van der Waals surface area contributed by atoms with E-state index in [2.05, 4.69) is 13.8 Å². The summed E-state index contributed by atoms with van der Waals surface area (Å²) in [6.45, 7) is 4.31. The molecule has 0 aliphatic heterocycles. The fourth-order valence-electron chi connectivity index (χ4n) is 1.12. The molecule has 1 aromatic rings. The van der Waals surface area contributed by atoms with Crippen LogP contribution in [0.3, 0.4) is 0 Å². The second kappa shape index (κ2) is 5.42. The lowest BCUT2D eigenvalue weighted by Crippen LogP contribution is -1.93. The molecule has 1 nitrogen and oxygen atoms in total. The third-order valence-corrected chi connectivity index (χ3v) is 2.79. The van der Waals surface area contributed by atoms with Crippen LogP contribution in [0.2, 0.25) is 0 Å². The Morgan fingerprint density at radius 1 is 1.36 bits per heavy atom. The number of thioether (sulfide) groups is 1. The highest BCUT2D eigenvalue weighted by atomic mass is 35.5. The molecule has 14 heavy (non-hydrogen) atoms. The third-order valence-electron chi connectivity index (χ3n) is 1.64. The number of hydrogen-bond donors (Lipinski definition) is 0. The van der Waals surface area contributed by atoms with E-state index in [-0.39, 0.29) is 5.24 Å². The first-order chi connectivity index (χ1) is 6.58. The van der Waals surface area contributed by atoms with Crippen LogP contribution in [0.15, 0.2) is 29.2 Å². The molecule has 0 spiro atoms. The van der Waals surface area contributed by atoms with Crippen molar-refractivity contribution in [3.63, 3.8) is 0 Å². The molecule has 0 saturated heterocycles. The minimum absolute atomic E-state index is 0.311. The van der Waals surface area contributed by atoms with Gasteiger partial charge in [0.05, 0.1) is 0 Å². The predicted octanol–water partition coefficient (Wildman–Crippen LogP) is 3.50. The summed E-state index contributed by atoms with van der Waals surface area (Å²) in [4.78, 5) is 11.9. The molecular weight excluding hydrogens is 216 g/mol. The molecule has 0 bridgehead atoms. The molecule has 0 atom stereocenters. The van der Waals surface area contributed by atoms with E-state index < -0.39 is 0 Å². The quantitative estimate of drug-likeness (QED) is 0.580. The van der Waals surface area contributed by atoms with Crippen LogP contribution in [0.5, 0.6) is 0 Å². The van der Waals surface area contributed by atoms with Gasteiger partial charge in [0.2, 0.25) is 5.24 Å². The minimum Gasteiger partial charge on any atom is -0.281 e. The van der Waals surface area contributed by atoms with Crippen molar-refractivity contribution in [2.45, 2.75) is 30.4 Å². The van der Waals surface area contributed by atoms with E-state index in [1.165, 1.54) is 4.90 Å². The lowest BCUT2D eigenvalue weighted by atomic mass is 10.2. The Morgan fingerprint density at radius 2 is 1.93 bits per heavy atom. The molecule has 76 valence electrons. The predicted molar refractivity (Wildman–Crippen MR) is 62.0 cm³/mol. The van der Waals surface area contributed by atoms with Crippen LogP contribution in [0.25, 0.3) is 0 Å². The molecule has 0 aliphatic rings. The van der Waals surface area contributed by atoms with Crippen molar-refractivity contribution in [2.75, 3.05) is 0 Å². The second-order valence-electron chi connectivity index (χ2n) is 3.34. The van der Waals surface area contributed by atoms with Gasteiger partial charge in [0.15, 0.2) is 0 Å². The number of carbonyl (C=O) groups is 1. The van der Waals surface area contributed by atoms with Crippen molar-refractivity contribution in [1.29, 1.82) is 0 Å². The van der Waals surface area contributed by atoms with Crippen molar-refractivity contribution >= 4 is 28.6 Å². The Kier molecular flexibility index (Phi) is 4.49. The van der Waals surface area contributed by atoms with E-state index in [4.69, 9.17) is 11.6 Å². The van der Waals surface area contributed by atoms with Crippen LogP contribution in [0, 0.1) is 0 Å². The van der Waals surface area contributed by atoms with E-state index in [1.807, 2.05) is 36.0 Å². The van der Waals surface area contributed by atoms with Gasteiger partial charge in [-0.3, -0.25) is 4.79 Å². The van der Waals surface area contributed by atoms with Gasteiger partial charge in [-0.1, -0.05) is 26.0 Å². The van der Waals surface area contributed by atoms with E-state index in [0.29, 0.717) is 11.7 Å². The van der Waals surface area contributed by atoms with Gasteiger partial charge in [0, 0.05) is 16.6 Å². The standard InChI is InChI=1S/C11H13ClOS/c1-8(2)14-10-5-3-9(4-6-10)7-11(12)13/h3-6,8H,7H2,1-2H3. The van der Waals surface area contributed by atoms with Gasteiger partial charge < -0.3 is 0 Å². The number of hydrogen-bond acceptors (Lipinski definition) is 2. The van der Waals surface area contributed by atoms with E-state index >= 15 is 0 Å². The molecule has 0 radical (unpaired) electrons. The SMILES string of the molecule is CC(C)Sc1ccc(CC(=O)Cl)cc1. The van der Waals surface area contributed by atoms with E-state index in [9.17, 15) is 4.79 Å². The van der Waals surface area contributed by atoms with Crippen molar-refractivity contribution in [2.24, 2.45) is 0 Å². The summed E-state index contributed by atoms with van der Waals surface area (Å²) in [5, 5.41) is 0.268. The summed E-state index contributed by atoms with van der Waals surface area (Å²) < 4.78 is 0. The van der Waals surface area contributed by atoms with Gasteiger partial charge >= 0.3 is 0 Å². The summed E-state index contributed by atoms with van der Waals surface area (Å²) in [5.74, 6) is 0. The van der Waals surface area contributed by atoms with Gasteiger partial charge in [-0.05, 0) is 29.3 Å². The summed E-state index contributed by atoms with van der Waals surface area (Å²) >= 11 is 7.10. The highest BCUT2D eigenvalue weighted by molar-refractivity contribution is 7.99. The average molecular weight is 229 g/mol. The summed E-state index contributed by atoms with van der Waals surface area (Å²) in [6.07, 6.45) is 0.314. The maximum absolute atomic E-state index is 10.6. The summed E-state index contributed by atoms with van der Waals surface area (Å²) in [7, 11) is 0. The smallest absolute Gasteiger partial charge is 0.226 e. The maximum Gasteiger partial charge on any atom is 0.226 e. The Hall–Kier alpha value is -0.470. The van der Waals surface area contributed by atoms with Gasteiger partial charge in [0.25, 0.3) is 0 Å². The first kappa shape index (κ1) is 11.6. The second-order valence-corrected chi connectivity index (χ2v) is 5.41. The van der Waals surface area contributed by atoms with Crippen LogP contribution in [-0.2, 0) is 11.2 Å². The number of halogens is 1. The molecular formula is C11H13ClOS. The Balaban J connectivity index is 2.63. The monoisotopic (exact) mass is 228 g/mol. The zero-order valence-electron chi connectivity index (χ0n) is 8.29. The third kappa shape index (κ3) is 4.16. The van der Waals surface area contributed by atoms with Crippen LogP contribution >= 0.6 is 23.4 Å². The van der Waals surface area contributed by atoms with Gasteiger partial charge in [-0.2, -0.15) is 0 Å². The van der Waals surface area contributed by atoms with E-state index in [0.717, 1.165) is 5.56 Å². The largest absolute Gasteiger partial charge is 0.281 e. The van der Waals surface area contributed by atoms with Crippen molar-refractivity contribution < 1.29 is 4.79 Å². The Morgan fingerprint density at radius 3 is 2.36 bits per heavy atom. The van der Waals surface area contributed by atoms with Crippen LogP contribution in [0.1, 0.15) is 19.4 Å². The zero-order chi connectivity index (χ0) is 10.6. The molecule has 0 aliphatic carbocycles. The Bertz CT molecular complexity index is 306. The average Bonchev–Trinajstić information content (AvgIpc) is 2.06. The first-order valence-electron chi connectivity index (χ1n) is 4.52. The molecule has 0 fully saturated rings. The summed E-state index contributed by atoms with van der Waals surface area (Å²) in [5.41, 5.74) is 0.970. The topological polar surface area (TPSA) is 17.1 Å². The van der Waals surface area contributed by atoms with Crippen LogP contribution < -0.4 is 0 Å². The molecule has 0 aromatic heterocycles. The molecule has 1 aromatic carbocycles. The molecule has 0 heterocycles. The van der Waals surface area contributed by atoms with Crippen LogP contribution in [0.4, 0.5) is 0 Å². The van der Waals surface area contributed by atoms with Crippen LogP contribution in [-0.4, -0.2) is 10.5 Å². The minimum atomic E-state index is -0.311. The highest BCUT2D eigenvalue weighted by Crippen LogP contribution is 2.22. The number of carbonyl (C=O) groups excluding carboxylic acids is 1. The lowest BCUT2D eigenvalue weighted by molar-refractivity contribution is -0.111. The molecule has 0 unspecified atom stereocenters. The lowest BCUT2D eigenvalue weighted by Gasteiger charge is -2.04. The number of benzene rings is 1. The highest BCUT2D eigenvalue weighted by Gasteiger charge is 2.01. The molecule has 0 N–H and O–H groups in total. The zero-order valence-corrected chi connectivity index (χ0v) is 9.86. The Labute approximate surface area is 93.8 Å². The fourth-order valence-corrected chi connectivity index (χ4v) is 2.11. The molecule has 1 rings (SSSR count). The van der Waals surface area contributed by atoms with Crippen molar-refractivity contribution in [3.8, 4) is 0 Å². The maximum atomic E-state index is 10.6. The van der Waals surface area contributed by atoms with Crippen molar-refractivity contribution in [1.82, 2.24) is 0 Å². The summed E-state index contributed by atoms with van der Waals surface area (Å²) in [6, 6.07) is 7.95. The van der Waals surface area contributed by atoms with Crippen molar-refractivity contribution in [3.05, 3.63) is 29.8 Å². The van der Waals surface area contributed by atoms with E-state index in [1.54, 1.807) is 0 Å².